The third kappa shape index (κ3) is 5.42. The molecule has 0 fully saturated rings. The molecule has 0 radical (unpaired) electrons. The first-order valence-electron chi connectivity index (χ1n) is 10.5. The number of nitrogens with two attached hydrogens (primary N) is 1. The summed E-state index contributed by atoms with van der Waals surface area (Å²) in [7, 11) is 0. The lowest BCUT2D eigenvalue weighted by molar-refractivity contribution is -0.143. The molecule has 1 atom stereocenters. The number of nitrogen functional groups attached to an aromatic ring is 1. The molecule has 0 unspecified atom stereocenters. The van der Waals surface area contributed by atoms with Gasteiger partial charge in [-0.3, -0.25) is 4.79 Å². The van der Waals surface area contributed by atoms with Crippen molar-refractivity contribution in [2.75, 3.05) is 24.2 Å². The molecular weight excluding hydrogens is 374 g/mol. The van der Waals surface area contributed by atoms with Crippen molar-refractivity contribution < 1.29 is 11.0 Å². The highest BCUT2D eigenvalue weighted by atomic mass is 16.5. The second kappa shape index (κ2) is 10.3. The zero-order valence-corrected chi connectivity index (χ0v) is 18.7. The monoisotopic (exact) mass is 411 g/mol. The van der Waals surface area contributed by atoms with Crippen LogP contribution in [0, 0.1) is 13.8 Å². The largest absolute Gasteiger partial charge is 0.466 e. The number of nitrogens with one attached hydrogen (secondary N) is 1. The normalized spacial score (nSPS) is 13.1. The van der Waals surface area contributed by atoms with Gasteiger partial charge in [0.15, 0.2) is 0 Å². The first kappa shape index (κ1) is 23.5. The summed E-state index contributed by atoms with van der Waals surface area (Å²) in [6.45, 7) is 9.28. The van der Waals surface area contributed by atoms with Crippen molar-refractivity contribution in [1.82, 2.24) is 6.15 Å². The number of anilines is 2. The molecule has 0 amide bonds. The zero-order valence-electron chi connectivity index (χ0n) is 18.7. The molecule has 5 heteroatoms. The minimum Gasteiger partial charge on any atom is -0.466 e. The lowest BCUT2D eigenvalue weighted by Gasteiger charge is -2.23. The molecule has 30 heavy (non-hydrogen) atoms. The van der Waals surface area contributed by atoms with Crippen LogP contribution in [0.2, 0.25) is 0 Å². The van der Waals surface area contributed by atoms with Crippen LogP contribution in [-0.4, -0.2) is 19.1 Å². The minimum atomic E-state index is -0.182. The summed E-state index contributed by atoms with van der Waals surface area (Å²) in [5.41, 5.74) is 15.4. The van der Waals surface area contributed by atoms with Crippen molar-refractivity contribution in [3.05, 3.63) is 69.8 Å². The molecule has 2 aromatic rings. The van der Waals surface area contributed by atoms with Gasteiger partial charge in [0, 0.05) is 13.9 Å². The van der Waals surface area contributed by atoms with E-state index in [1.54, 1.807) is 0 Å². The Bertz CT molecular complexity index is 941. The number of rotatable bonds is 9. The number of allylic oxidation sites excluding steroid dienone is 2. The van der Waals surface area contributed by atoms with Gasteiger partial charge < -0.3 is 21.9 Å². The van der Waals surface area contributed by atoms with E-state index in [-0.39, 0.29) is 19.5 Å². The SMILES string of the molecule is CCNc1ccc([C@@H](CC(=O)OCC)c2ccc(C)c(CC3=CC3)c2)c(C)c1N.N.[HH]. The van der Waals surface area contributed by atoms with Gasteiger partial charge in [0.25, 0.3) is 0 Å². The highest BCUT2D eigenvalue weighted by Gasteiger charge is 2.23. The average Bonchev–Trinajstić information content (AvgIpc) is 3.50. The van der Waals surface area contributed by atoms with Gasteiger partial charge in [-0.25, -0.2) is 0 Å². The molecule has 3 rings (SSSR count). The zero-order chi connectivity index (χ0) is 21.0. The number of benzene rings is 2. The predicted octanol–water partition coefficient (Wildman–Crippen LogP) is 5.68. The number of carbonyl (C=O) groups excluding carboxylic acids is 1. The van der Waals surface area contributed by atoms with Crippen LogP contribution in [0.25, 0.3) is 0 Å². The van der Waals surface area contributed by atoms with E-state index >= 15 is 0 Å². The van der Waals surface area contributed by atoms with Crippen molar-refractivity contribution in [1.29, 1.82) is 0 Å². The highest BCUT2D eigenvalue weighted by molar-refractivity contribution is 5.75. The van der Waals surface area contributed by atoms with Crippen LogP contribution in [0.4, 0.5) is 11.4 Å². The lowest BCUT2D eigenvalue weighted by Crippen LogP contribution is -2.14. The highest BCUT2D eigenvalue weighted by Crippen LogP contribution is 2.37. The third-order valence-corrected chi connectivity index (χ3v) is 5.66. The fourth-order valence-corrected chi connectivity index (χ4v) is 3.82. The van der Waals surface area contributed by atoms with E-state index in [0.717, 1.165) is 47.5 Å². The van der Waals surface area contributed by atoms with Crippen LogP contribution in [-0.2, 0) is 16.0 Å². The summed E-state index contributed by atoms with van der Waals surface area (Å²) in [6.07, 6.45) is 4.69. The predicted molar refractivity (Wildman–Crippen MR) is 128 cm³/mol. The Labute approximate surface area is 181 Å². The van der Waals surface area contributed by atoms with E-state index in [9.17, 15) is 4.79 Å². The Morgan fingerprint density at radius 1 is 1.23 bits per heavy atom. The van der Waals surface area contributed by atoms with Crippen LogP contribution in [0.15, 0.2) is 42.0 Å². The first-order valence-corrected chi connectivity index (χ1v) is 10.5. The van der Waals surface area contributed by atoms with Crippen LogP contribution < -0.4 is 17.2 Å². The van der Waals surface area contributed by atoms with Gasteiger partial charge in [-0.2, -0.15) is 0 Å². The molecule has 0 saturated carbocycles. The van der Waals surface area contributed by atoms with Crippen molar-refractivity contribution in [2.45, 2.75) is 52.9 Å². The number of aryl methyl sites for hydroxylation is 1. The number of hydrogen-bond donors (Lipinski definition) is 3. The second-order valence-electron chi connectivity index (χ2n) is 7.76. The fourth-order valence-electron chi connectivity index (χ4n) is 3.82. The molecule has 0 heterocycles. The van der Waals surface area contributed by atoms with Gasteiger partial charge in [-0.05, 0) is 74.4 Å². The standard InChI is InChI=1S/C25H32N2O2.H3N.H2/c1-5-27-23-12-11-21(17(4)25(23)26)22(15-24(28)29-6-2)19-10-7-16(3)20(14-19)13-18-8-9-18;;/h7-8,10-12,14,22,27H,5-6,9,13,15,26H2,1-4H3;1H3;1H/t22-;;/m0../s1. The number of carbonyl (C=O) groups is 1. The Morgan fingerprint density at radius 3 is 2.60 bits per heavy atom. The molecule has 5 nitrogen and oxygen atoms in total. The Hall–Kier alpha value is -2.79. The van der Waals surface area contributed by atoms with E-state index in [1.807, 2.05) is 19.9 Å². The van der Waals surface area contributed by atoms with Crippen LogP contribution in [0.3, 0.4) is 0 Å². The Balaban J connectivity index is 0.00000240. The van der Waals surface area contributed by atoms with Crippen LogP contribution in [0.1, 0.15) is 61.9 Å². The quantitative estimate of drug-likeness (QED) is 0.280. The van der Waals surface area contributed by atoms with Gasteiger partial charge in [0.05, 0.1) is 24.4 Å². The summed E-state index contributed by atoms with van der Waals surface area (Å²) in [5.74, 6) is -0.266. The smallest absolute Gasteiger partial charge is 0.306 e. The minimum absolute atomic E-state index is 0. The number of esters is 1. The maximum Gasteiger partial charge on any atom is 0.306 e. The third-order valence-electron chi connectivity index (χ3n) is 5.66. The van der Waals surface area contributed by atoms with Crippen LogP contribution in [0.5, 0.6) is 0 Å². The van der Waals surface area contributed by atoms with Crippen molar-refractivity contribution in [3.8, 4) is 0 Å². The molecule has 1 aliphatic carbocycles. The molecule has 0 aromatic heterocycles. The van der Waals surface area contributed by atoms with Gasteiger partial charge in [0.2, 0.25) is 0 Å². The molecule has 0 aliphatic heterocycles. The van der Waals surface area contributed by atoms with E-state index in [0.29, 0.717) is 13.0 Å². The average molecular weight is 412 g/mol. The van der Waals surface area contributed by atoms with E-state index < -0.39 is 0 Å². The summed E-state index contributed by atoms with van der Waals surface area (Å²) in [6, 6.07) is 10.7. The van der Waals surface area contributed by atoms with Crippen molar-refractivity contribution >= 4 is 17.3 Å². The Morgan fingerprint density at radius 2 is 1.97 bits per heavy atom. The second-order valence-corrected chi connectivity index (χ2v) is 7.76. The van der Waals surface area contributed by atoms with Gasteiger partial charge in [0.1, 0.15) is 0 Å². The summed E-state index contributed by atoms with van der Waals surface area (Å²) >= 11 is 0. The summed E-state index contributed by atoms with van der Waals surface area (Å²) in [4.78, 5) is 12.4. The number of hydrogen-bond acceptors (Lipinski definition) is 5. The molecule has 0 bridgehead atoms. The van der Waals surface area contributed by atoms with Crippen LogP contribution >= 0.6 is 0 Å². The molecule has 2 aromatic carbocycles. The first-order chi connectivity index (χ1) is 13.9. The summed E-state index contributed by atoms with van der Waals surface area (Å²) in [5, 5.41) is 3.31. The maximum atomic E-state index is 12.4. The van der Waals surface area contributed by atoms with Gasteiger partial charge in [-0.1, -0.05) is 35.9 Å². The van der Waals surface area contributed by atoms with E-state index in [4.69, 9.17) is 10.5 Å². The van der Waals surface area contributed by atoms with Crippen molar-refractivity contribution in [2.24, 2.45) is 0 Å². The number of ether oxygens (including phenoxy) is 1. The molecule has 164 valence electrons. The van der Waals surface area contributed by atoms with Gasteiger partial charge in [-0.15, -0.1) is 0 Å². The fraction of sp³-hybridized carbons (Fsp3) is 0.400. The molecule has 0 saturated heterocycles. The lowest BCUT2D eigenvalue weighted by atomic mass is 9.83. The Kier molecular flexibility index (Phi) is 8.07. The molecule has 6 N–H and O–H groups in total. The van der Waals surface area contributed by atoms with Gasteiger partial charge >= 0.3 is 5.97 Å². The van der Waals surface area contributed by atoms with Crippen molar-refractivity contribution in [3.63, 3.8) is 0 Å². The molecule has 0 spiro atoms. The van der Waals surface area contributed by atoms with E-state index in [1.165, 1.54) is 16.7 Å². The van der Waals surface area contributed by atoms with E-state index in [2.05, 4.69) is 49.5 Å². The summed E-state index contributed by atoms with van der Waals surface area (Å²) < 4.78 is 5.28. The molecular formula is C25H37N3O2. The molecule has 1 aliphatic rings. The topological polar surface area (TPSA) is 99.3 Å². The maximum absolute atomic E-state index is 12.4.